The first-order valence-electron chi connectivity index (χ1n) is 8.38. The molecule has 2 atom stereocenters. The molecule has 2 aromatic rings. The maximum Gasteiger partial charge on any atom is 0.273 e. The molecule has 0 radical (unpaired) electrons. The summed E-state index contributed by atoms with van der Waals surface area (Å²) in [5.74, 6) is -0.752. The molecule has 0 bridgehead atoms. The molecule has 0 spiro atoms. The molecule has 0 aliphatic heterocycles. The van der Waals surface area contributed by atoms with E-state index < -0.39 is 21.3 Å². The summed E-state index contributed by atoms with van der Waals surface area (Å²) in [5.41, 5.74) is -0.179. The van der Waals surface area contributed by atoms with E-state index in [9.17, 15) is 18.0 Å². The lowest BCUT2D eigenvalue weighted by atomic mass is 10.1. The SMILES string of the molecule is C=C[C@@H]1C[C@]1(C)C(=O)NS(=O)(=O)c1ccc(CNC(=O)c2ccccc2)s1. The molecule has 1 fully saturated rings. The van der Waals surface area contributed by atoms with E-state index in [0.29, 0.717) is 16.9 Å². The van der Waals surface area contributed by atoms with Gasteiger partial charge in [-0.1, -0.05) is 31.2 Å². The summed E-state index contributed by atoms with van der Waals surface area (Å²) in [7, 11) is -3.93. The first-order chi connectivity index (χ1) is 12.8. The molecule has 1 saturated carbocycles. The molecule has 6 nitrogen and oxygen atoms in total. The van der Waals surface area contributed by atoms with Crippen LogP contribution in [0, 0.1) is 11.3 Å². The van der Waals surface area contributed by atoms with E-state index in [0.717, 1.165) is 11.3 Å². The largest absolute Gasteiger partial charge is 0.347 e. The number of carbonyl (C=O) groups is 2. The van der Waals surface area contributed by atoms with Gasteiger partial charge in [0.05, 0.1) is 12.0 Å². The molecule has 0 saturated heterocycles. The Bertz CT molecular complexity index is 982. The summed E-state index contributed by atoms with van der Waals surface area (Å²) in [6, 6.07) is 11.8. The summed E-state index contributed by atoms with van der Waals surface area (Å²) in [4.78, 5) is 25.0. The van der Waals surface area contributed by atoms with Crippen molar-refractivity contribution < 1.29 is 18.0 Å². The van der Waals surface area contributed by atoms with Gasteiger partial charge in [-0.3, -0.25) is 9.59 Å². The topological polar surface area (TPSA) is 92.3 Å². The van der Waals surface area contributed by atoms with Gasteiger partial charge in [-0.15, -0.1) is 17.9 Å². The minimum absolute atomic E-state index is 0.000189. The van der Waals surface area contributed by atoms with Crippen LogP contribution in [0.25, 0.3) is 0 Å². The number of hydrogen-bond acceptors (Lipinski definition) is 5. The van der Waals surface area contributed by atoms with Crippen molar-refractivity contribution in [2.45, 2.75) is 24.1 Å². The fraction of sp³-hybridized carbons (Fsp3) is 0.263. The predicted molar refractivity (Wildman–Crippen MR) is 104 cm³/mol. The van der Waals surface area contributed by atoms with E-state index in [1.807, 2.05) is 6.07 Å². The molecule has 1 aliphatic carbocycles. The van der Waals surface area contributed by atoms with Crippen molar-refractivity contribution in [3.8, 4) is 0 Å². The molecule has 1 aromatic heterocycles. The number of carbonyl (C=O) groups excluding carboxylic acids is 2. The monoisotopic (exact) mass is 404 g/mol. The van der Waals surface area contributed by atoms with E-state index in [1.165, 1.54) is 6.07 Å². The van der Waals surface area contributed by atoms with Crippen LogP contribution in [0.3, 0.4) is 0 Å². The Kier molecular flexibility index (Phi) is 5.21. The second kappa shape index (κ2) is 7.28. The zero-order chi connectivity index (χ0) is 19.7. The van der Waals surface area contributed by atoms with Crippen molar-refractivity contribution in [2.24, 2.45) is 11.3 Å². The highest BCUT2D eigenvalue weighted by Crippen LogP contribution is 2.53. The highest BCUT2D eigenvalue weighted by atomic mass is 32.2. The standard InChI is InChI=1S/C19H20N2O4S2/c1-3-14-11-19(14,2)18(23)21-27(24,25)16-10-9-15(26-16)12-20-17(22)13-7-5-4-6-8-13/h3-10,14H,1,11-12H2,2H3,(H,20,22)(H,21,23)/t14-,19+/m1/s1. The predicted octanol–water partition coefficient (Wildman–Crippen LogP) is 2.70. The van der Waals surface area contributed by atoms with Crippen LogP contribution in [0.15, 0.2) is 59.3 Å². The van der Waals surface area contributed by atoms with Crippen molar-refractivity contribution in [3.63, 3.8) is 0 Å². The summed E-state index contributed by atoms with van der Waals surface area (Å²) >= 11 is 1.02. The van der Waals surface area contributed by atoms with Crippen molar-refractivity contribution >= 4 is 33.2 Å². The lowest BCUT2D eigenvalue weighted by Crippen LogP contribution is -2.36. The summed E-state index contributed by atoms with van der Waals surface area (Å²) in [6.07, 6.45) is 2.27. The molecule has 1 heterocycles. The number of thiophene rings is 1. The highest BCUT2D eigenvalue weighted by Gasteiger charge is 2.55. The quantitative estimate of drug-likeness (QED) is 0.694. The number of sulfonamides is 1. The van der Waals surface area contributed by atoms with Crippen molar-refractivity contribution in [1.29, 1.82) is 0 Å². The first-order valence-corrected chi connectivity index (χ1v) is 10.7. The second-order valence-electron chi connectivity index (χ2n) is 6.67. The van der Waals surface area contributed by atoms with E-state index >= 15 is 0 Å². The van der Waals surface area contributed by atoms with Crippen molar-refractivity contribution in [3.05, 3.63) is 65.6 Å². The number of nitrogens with one attached hydrogen (secondary N) is 2. The third-order valence-electron chi connectivity index (χ3n) is 4.69. The fourth-order valence-electron chi connectivity index (χ4n) is 2.75. The van der Waals surface area contributed by atoms with Crippen LogP contribution < -0.4 is 10.0 Å². The molecule has 2 N–H and O–H groups in total. The van der Waals surface area contributed by atoms with Gasteiger partial charge in [-0.2, -0.15) is 0 Å². The minimum atomic E-state index is -3.93. The lowest BCUT2D eigenvalue weighted by molar-refractivity contribution is -0.124. The first kappa shape index (κ1) is 19.3. The average Bonchev–Trinajstić information content (AvgIpc) is 3.11. The molecule has 8 heteroatoms. The number of benzene rings is 1. The van der Waals surface area contributed by atoms with Gasteiger partial charge >= 0.3 is 0 Å². The van der Waals surface area contributed by atoms with Crippen molar-refractivity contribution in [2.75, 3.05) is 0 Å². The van der Waals surface area contributed by atoms with Gasteiger partial charge in [0.2, 0.25) is 5.91 Å². The van der Waals surface area contributed by atoms with E-state index in [-0.39, 0.29) is 22.6 Å². The Hall–Kier alpha value is -2.45. The van der Waals surface area contributed by atoms with Crippen LogP contribution in [0.4, 0.5) is 0 Å². The van der Waals surface area contributed by atoms with Gasteiger partial charge in [-0.25, -0.2) is 13.1 Å². The van der Waals surface area contributed by atoms with Gasteiger partial charge in [0.1, 0.15) is 4.21 Å². The van der Waals surface area contributed by atoms with E-state index in [4.69, 9.17) is 0 Å². The Labute approximate surface area is 162 Å². The van der Waals surface area contributed by atoms with E-state index in [1.54, 1.807) is 43.3 Å². The van der Waals surface area contributed by atoms with Gasteiger partial charge in [-0.05, 0) is 36.6 Å². The molecule has 2 amide bonds. The zero-order valence-corrected chi connectivity index (χ0v) is 16.4. The van der Waals surface area contributed by atoms with Gasteiger partial charge in [0.25, 0.3) is 15.9 Å². The normalized spacial score (nSPS) is 21.3. The lowest BCUT2D eigenvalue weighted by Gasteiger charge is -2.10. The van der Waals surface area contributed by atoms with Gasteiger partial charge < -0.3 is 5.32 Å². The zero-order valence-electron chi connectivity index (χ0n) is 14.8. The number of amides is 2. The Balaban J connectivity index is 1.62. The molecular weight excluding hydrogens is 384 g/mol. The summed E-state index contributed by atoms with van der Waals surface area (Å²) in [6.45, 7) is 5.58. The highest BCUT2D eigenvalue weighted by molar-refractivity contribution is 7.92. The molecule has 1 aromatic carbocycles. The number of allylic oxidation sites excluding steroid dienone is 1. The van der Waals surface area contributed by atoms with Gasteiger partial charge in [0.15, 0.2) is 0 Å². The molecule has 1 aliphatic rings. The van der Waals surface area contributed by atoms with Crippen LogP contribution in [-0.2, 0) is 21.4 Å². The molecule has 0 unspecified atom stereocenters. The van der Waals surface area contributed by atoms with Crippen LogP contribution >= 0.6 is 11.3 Å². The van der Waals surface area contributed by atoms with Crippen LogP contribution in [0.1, 0.15) is 28.6 Å². The minimum Gasteiger partial charge on any atom is -0.347 e. The average molecular weight is 405 g/mol. The Morgan fingerprint density at radius 2 is 1.96 bits per heavy atom. The van der Waals surface area contributed by atoms with Crippen LogP contribution in [-0.4, -0.2) is 20.2 Å². The second-order valence-corrected chi connectivity index (χ2v) is 9.75. The Morgan fingerprint density at radius 1 is 1.26 bits per heavy atom. The summed E-state index contributed by atoms with van der Waals surface area (Å²) in [5, 5.41) is 2.75. The third-order valence-corrected chi connectivity index (χ3v) is 7.60. The number of hydrogen-bond donors (Lipinski definition) is 2. The number of rotatable bonds is 7. The van der Waals surface area contributed by atoms with Crippen molar-refractivity contribution in [1.82, 2.24) is 10.0 Å². The summed E-state index contributed by atoms with van der Waals surface area (Å²) < 4.78 is 27.1. The van der Waals surface area contributed by atoms with Crippen LogP contribution in [0.2, 0.25) is 0 Å². The molecule has 142 valence electrons. The maximum atomic E-state index is 12.5. The van der Waals surface area contributed by atoms with E-state index in [2.05, 4.69) is 16.6 Å². The third kappa shape index (κ3) is 4.12. The van der Waals surface area contributed by atoms with Crippen LogP contribution in [0.5, 0.6) is 0 Å². The smallest absolute Gasteiger partial charge is 0.273 e. The molecular formula is C19H20N2O4S2. The maximum absolute atomic E-state index is 12.5. The fourth-order valence-corrected chi connectivity index (χ4v) is 5.13. The molecule has 27 heavy (non-hydrogen) atoms. The van der Waals surface area contributed by atoms with Gasteiger partial charge in [0, 0.05) is 10.4 Å². The Morgan fingerprint density at radius 3 is 2.59 bits per heavy atom. The molecule has 3 rings (SSSR count).